The molecule has 0 aromatic heterocycles. The van der Waals surface area contributed by atoms with E-state index in [-0.39, 0.29) is 24.0 Å². The third-order valence-corrected chi connectivity index (χ3v) is 11.2. The molecule has 0 aromatic rings. The molecular weight excluding hydrogens is 699 g/mol. The van der Waals surface area contributed by atoms with Gasteiger partial charge in [0.2, 0.25) is 0 Å². The predicted octanol–water partition coefficient (Wildman–Crippen LogP) is 13.7. The fourth-order valence-electron chi connectivity index (χ4n) is 6.88. The van der Waals surface area contributed by atoms with Crippen molar-refractivity contribution in [2.75, 3.05) is 33.9 Å². The average molecular weight is 790 g/mol. The van der Waals surface area contributed by atoms with E-state index in [1.165, 1.54) is 64.2 Å². The molecule has 0 rings (SSSR count). The Morgan fingerprint density at radius 2 is 0.786 bits per heavy atom. The fourth-order valence-corrected chi connectivity index (χ4v) is 6.88. The maximum absolute atomic E-state index is 12.6. The predicted molar refractivity (Wildman–Crippen MR) is 237 cm³/mol. The first-order chi connectivity index (χ1) is 27.2. The minimum atomic E-state index is -0.0424. The average Bonchev–Trinajstić information content (AvgIpc) is 3.18. The zero-order valence-corrected chi connectivity index (χ0v) is 37.8. The van der Waals surface area contributed by atoms with Gasteiger partial charge in [0.25, 0.3) is 0 Å². The van der Waals surface area contributed by atoms with Crippen LogP contribution in [0.25, 0.3) is 0 Å². The van der Waals surface area contributed by atoms with Crippen molar-refractivity contribution in [2.24, 2.45) is 11.8 Å². The molecule has 0 bridgehead atoms. The SMILES string of the molecule is CCC(CC)COC(=O)CCCC/C=C\CCCCCCCCC(CCCCCCCC/C=C\CCCCC(=O)OCC(CC)CC)OC(=O)CCCN(C)C. The van der Waals surface area contributed by atoms with Crippen LogP contribution in [0.15, 0.2) is 24.3 Å². The van der Waals surface area contributed by atoms with Gasteiger partial charge in [0, 0.05) is 19.3 Å². The Balaban J connectivity index is 4.02. The largest absolute Gasteiger partial charge is 0.465 e. The second-order valence-electron chi connectivity index (χ2n) is 16.6. The Kier molecular flexibility index (Phi) is 39.5. The van der Waals surface area contributed by atoms with Gasteiger partial charge in [-0.1, -0.05) is 129 Å². The summed E-state index contributed by atoms with van der Waals surface area (Å²) in [5.41, 5.74) is 0. The van der Waals surface area contributed by atoms with Gasteiger partial charge in [-0.25, -0.2) is 0 Å². The van der Waals surface area contributed by atoms with E-state index in [1.807, 2.05) is 14.1 Å². The fraction of sp³-hybridized carbons (Fsp3) is 0.857. The molecule has 56 heavy (non-hydrogen) atoms. The molecule has 0 atom stereocenters. The summed E-state index contributed by atoms with van der Waals surface area (Å²) in [6.45, 7) is 10.7. The van der Waals surface area contributed by atoms with E-state index < -0.39 is 0 Å². The zero-order chi connectivity index (χ0) is 41.3. The maximum atomic E-state index is 12.6. The first-order valence-corrected chi connectivity index (χ1v) is 23.7. The number of rotatable bonds is 41. The lowest BCUT2D eigenvalue weighted by Crippen LogP contribution is -2.20. The van der Waals surface area contributed by atoms with Gasteiger partial charge in [0.15, 0.2) is 0 Å². The Hall–Kier alpha value is -2.15. The van der Waals surface area contributed by atoms with Crippen LogP contribution in [0.5, 0.6) is 0 Å². The van der Waals surface area contributed by atoms with E-state index in [4.69, 9.17) is 14.2 Å². The van der Waals surface area contributed by atoms with Crippen LogP contribution in [0.3, 0.4) is 0 Å². The van der Waals surface area contributed by atoms with Crippen molar-refractivity contribution in [3.8, 4) is 0 Å². The van der Waals surface area contributed by atoms with Crippen LogP contribution in [-0.2, 0) is 28.6 Å². The molecule has 0 saturated carbocycles. The number of hydrogen-bond acceptors (Lipinski definition) is 7. The highest BCUT2D eigenvalue weighted by Gasteiger charge is 2.15. The zero-order valence-electron chi connectivity index (χ0n) is 37.8. The van der Waals surface area contributed by atoms with E-state index in [2.05, 4.69) is 56.9 Å². The van der Waals surface area contributed by atoms with E-state index in [0.29, 0.717) is 44.3 Å². The van der Waals surface area contributed by atoms with Gasteiger partial charge >= 0.3 is 17.9 Å². The molecule has 7 nitrogen and oxygen atoms in total. The lowest BCUT2D eigenvalue weighted by molar-refractivity contribution is -0.150. The number of carbonyl (C=O) groups excluding carboxylic acids is 3. The third kappa shape index (κ3) is 37.4. The summed E-state index contributed by atoms with van der Waals surface area (Å²) in [5.74, 6) is 0.887. The van der Waals surface area contributed by atoms with Gasteiger partial charge in [-0.2, -0.15) is 0 Å². The van der Waals surface area contributed by atoms with Crippen molar-refractivity contribution in [2.45, 2.75) is 226 Å². The van der Waals surface area contributed by atoms with Gasteiger partial charge in [0.05, 0.1) is 13.2 Å². The first-order valence-electron chi connectivity index (χ1n) is 23.7. The number of esters is 3. The Labute approximate surface area is 346 Å². The molecule has 7 heteroatoms. The number of unbranched alkanes of at least 4 members (excludes halogenated alkanes) is 16. The summed E-state index contributed by atoms with van der Waals surface area (Å²) >= 11 is 0. The second-order valence-corrected chi connectivity index (χ2v) is 16.6. The molecule has 0 spiro atoms. The lowest BCUT2D eigenvalue weighted by Gasteiger charge is -2.18. The third-order valence-electron chi connectivity index (χ3n) is 11.2. The van der Waals surface area contributed by atoms with Crippen LogP contribution in [0.2, 0.25) is 0 Å². The summed E-state index contributed by atoms with van der Waals surface area (Å²) in [6.07, 6.45) is 41.0. The number of ether oxygens (including phenoxy) is 3. The lowest BCUT2D eigenvalue weighted by atomic mass is 10.0. The minimum Gasteiger partial charge on any atom is -0.465 e. The molecule has 0 aliphatic heterocycles. The topological polar surface area (TPSA) is 82.1 Å². The molecule has 0 unspecified atom stereocenters. The van der Waals surface area contributed by atoms with Crippen molar-refractivity contribution in [3.63, 3.8) is 0 Å². The van der Waals surface area contributed by atoms with Crippen molar-refractivity contribution >= 4 is 17.9 Å². The van der Waals surface area contributed by atoms with Crippen molar-refractivity contribution in [3.05, 3.63) is 24.3 Å². The van der Waals surface area contributed by atoms with Gasteiger partial charge in [0.1, 0.15) is 6.10 Å². The summed E-state index contributed by atoms with van der Waals surface area (Å²) < 4.78 is 16.8. The molecular formula is C49H91NO6. The Morgan fingerprint density at radius 3 is 1.16 bits per heavy atom. The van der Waals surface area contributed by atoms with Gasteiger partial charge in [-0.3, -0.25) is 14.4 Å². The van der Waals surface area contributed by atoms with Gasteiger partial charge in [-0.15, -0.1) is 0 Å². The molecule has 328 valence electrons. The van der Waals surface area contributed by atoms with Crippen LogP contribution in [0, 0.1) is 11.8 Å². The normalized spacial score (nSPS) is 12.0. The van der Waals surface area contributed by atoms with Gasteiger partial charge in [-0.05, 0) is 129 Å². The molecule has 0 heterocycles. The molecule has 0 aromatic carbocycles. The Bertz CT molecular complexity index is 892. The standard InChI is InChI=1S/C49H91NO6/c1-7-44(8-2)42-54-47(51)38-33-29-25-21-17-13-11-15-19-23-27-31-36-46(56-49(53)40-35-41-50(5)6)37-32-28-24-20-16-12-14-18-22-26-30-34-39-48(52)55-43-45(9-3)10-4/h17-18,21-22,44-46H,7-16,19-20,23-43H2,1-6H3/b21-17-,22-18-. The first kappa shape index (κ1) is 53.9. The van der Waals surface area contributed by atoms with Crippen LogP contribution in [0.4, 0.5) is 0 Å². The van der Waals surface area contributed by atoms with Crippen LogP contribution in [-0.4, -0.2) is 62.8 Å². The van der Waals surface area contributed by atoms with E-state index in [1.54, 1.807) is 0 Å². The summed E-state index contributed by atoms with van der Waals surface area (Å²) in [4.78, 5) is 38.5. The molecule has 0 radical (unpaired) electrons. The molecule has 0 N–H and O–H groups in total. The molecule has 0 fully saturated rings. The molecule has 0 aliphatic carbocycles. The highest BCUT2D eigenvalue weighted by Crippen LogP contribution is 2.19. The maximum Gasteiger partial charge on any atom is 0.306 e. The van der Waals surface area contributed by atoms with Crippen LogP contribution < -0.4 is 0 Å². The van der Waals surface area contributed by atoms with Crippen molar-refractivity contribution in [1.29, 1.82) is 0 Å². The smallest absolute Gasteiger partial charge is 0.306 e. The van der Waals surface area contributed by atoms with E-state index >= 15 is 0 Å². The van der Waals surface area contributed by atoms with Gasteiger partial charge < -0.3 is 19.1 Å². The molecule has 0 amide bonds. The Morgan fingerprint density at radius 1 is 0.446 bits per heavy atom. The molecule has 0 aliphatic rings. The number of allylic oxidation sites excluding steroid dienone is 4. The highest BCUT2D eigenvalue weighted by molar-refractivity contribution is 5.70. The highest BCUT2D eigenvalue weighted by atomic mass is 16.5. The number of nitrogens with zero attached hydrogens (tertiary/aromatic N) is 1. The summed E-state index contributed by atoms with van der Waals surface area (Å²) in [7, 11) is 4.09. The quantitative estimate of drug-likeness (QED) is 0.0264. The van der Waals surface area contributed by atoms with Crippen LogP contribution >= 0.6 is 0 Å². The summed E-state index contributed by atoms with van der Waals surface area (Å²) in [5, 5.41) is 0. The number of carbonyl (C=O) groups is 3. The second kappa shape index (κ2) is 41.0. The summed E-state index contributed by atoms with van der Waals surface area (Å²) in [6, 6.07) is 0. The van der Waals surface area contributed by atoms with Crippen molar-refractivity contribution in [1.82, 2.24) is 4.90 Å². The monoisotopic (exact) mass is 790 g/mol. The molecule has 0 saturated heterocycles. The van der Waals surface area contributed by atoms with Crippen molar-refractivity contribution < 1.29 is 28.6 Å². The van der Waals surface area contributed by atoms with E-state index in [0.717, 1.165) is 116 Å². The minimum absolute atomic E-state index is 0.0250. The van der Waals surface area contributed by atoms with E-state index in [9.17, 15) is 14.4 Å². The van der Waals surface area contributed by atoms with Crippen LogP contribution in [0.1, 0.15) is 220 Å². The number of hydrogen-bond donors (Lipinski definition) is 0.